The maximum absolute atomic E-state index is 5.64. The van der Waals surface area contributed by atoms with E-state index < -0.39 is 0 Å². The highest BCUT2D eigenvalue weighted by Gasteiger charge is 2.02. The standard InChI is InChI=1S/C9H10N4.C7H8BrN/c10-9-7(6-12-13-9)5-8-3-1-2-4-11-8;8-5-4-7-3-1-2-6-9-7/h1-4,6H,5H2,(H3,10,12,13);1-3,6H,4-5H2. The number of aromatic amines is 1. The van der Waals surface area contributed by atoms with Gasteiger partial charge in [0.05, 0.1) is 6.20 Å². The van der Waals surface area contributed by atoms with Gasteiger partial charge in [0.15, 0.2) is 0 Å². The molecule has 0 aliphatic rings. The molecule has 22 heavy (non-hydrogen) atoms. The van der Waals surface area contributed by atoms with Crippen LogP contribution in [0.15, 0.2) is 55.0 Å². The molecule has 114 valence electrons. The largest absolute Gasteiger partial charge is 0.384 e. The molecule has 0 fully saturated rings. The third-order valence-corrected chi connectivity index (χ3v) is 3.32. The Bertz CT molecular complexity index is 655. The van der Waals surface area contributed by atoms with Gasteiger partial charge in [0.1, 0.15) is 5.82 Å². The van der Waals surface area contributed by atoms with Crippen LogP contribution in [-0.4, -0.2) is 25.5 Å². The van der Waals surface area contributed by atoms with Gasteiger partial charge in [-0.15, -0.1) is 0 Å². The summed E-state index contributed by atoms with van der Waals surface area (Å²) < 4.78 is 0. The van der Waals surface area contributed by atoms with Gasteiger partial charge in [-0.25, -0.2) is 0 Å². The number of hydrogen-bond acceptors (Lipinski definition) is 4. The molecule has 0 spiro atoms. The molecule has 0 saturated carbocycles. The number of aromatic nitrogens is 4. The molecule has 0 atom stereocenters. The number of anilines is 1. The Morgan fingerprint density at radius 1 is 1.00 bits per heavy atom. The van der Waals surface area contributed by atoms with Gasteiger partial charge in [-0.2, -0.15) is 5.10 Å². The Kier molecular flexibility index (Phi) is 6.57. The maximum atomic E-state index is 5.64. The molecular formula is C16H18BrN5. The second kappa shape index (κ2) is 8.94. The number of alkyl halides is 1. The quantitative estimate of drug-likeness (QED) is 0.701. The lowest BCUT2D eigenvalue weighted by molar-refractivity contribution is 1.05. The summed E-state index contributed by atoms with van der Waals surface area (Å²) in [6.45, 7) is 0. The van der Waals surface area contributed by atoms with E-state index in [1.165, 1.54) is 0 Å². The fourth-order valence-corrected chi connectivity index (χ4v) is 2.21. The van der Waals surface area contributed by atoms with Crippen LogP contribution in [0.25, 0.3) is 0 Å². The first kappa shape index (κ1) is 16.2. The minimum atomic E-state index is 0.616. The molecule has 0 saturated heterocycles. The molecule has 0 aromatic carbocycles. The van der Waals surface area contributed by atoms with Crippen LogP contribution in [0.5, 0.6) is 0 Å². The summed E-state index contributed by atoms with van der Waals surface area (Å²) >= 11 is 3.35. The first-order valence-corrected chi connectivity index (χ1v) is 8.05. The summed E-state index contributed by atoms with van der Waals surface area (Å²) in [7, 11) is 0. The molecule has 3 rings (SSSR count). The Hall–Kier alpha value is -2.21. The highest BCUT2D eigenvalue weighted by Crippen LogP contribution is 2.10. The molecule has 3 heterocycles. The van der Waals surface area contributed by atoms with Gasteiger partial charge in [-0.1, -0.05) is 28.1 Å². The van der Waals surface area contributed by atoms with Crippen molar-refractivity contribution >= 4 is 21.7 Å². The van der Waals surface area contributed by atoms with Gasteiger partial charge in [0.25, 0.3) is 0 Å². The van der Waals surface area contributed by atoms with Crippen LogP contribution in [0.3, 0.4) is 0 Å². The number of halogens is 1. The Morgan fingerprint density at radius 3 is 2.18 bits per heavy atom. The normalized spacial score (nSPS) is 9.86. The van der Waals surface area contributed by atoms with Crippen molar-refractivity contribution in [1.29, 1.82) is 0 Å². The van der Waals surface area contributed by atoms with Crippen LogP contribution in [-0.2, 0) is 12.8 Å². The van der Waals surface area contributed by atoms with E-state index in [4.69, 9.17) is 5.73 Å². The van der Waals surface area contributed by atoms with Crippen LogP contribution in [0, 0.1) is 0 Å². The van der Waals surface area contributed by atoms with Gasteiger partial charge >= 0.3 is 0 Å². The second-order valence-corrected chi connectivity index (χ2v) is 5.36. The predicted octanol–water partition coefficient (Wildman–Crippen LogP) is 3.00. The summed E-state index contributed by atoms with van der Waals surface area (Å²) in [5, 5.41) is 7.52. The summed E-state index contributed by atoms with van der Waals surface area (Å²) in [6, 6.07) is 11.8. The van der Waals surface area contributed by atoms with Crippen LogP contribution >= 0.6 is 15.9 Å². The average molecular weight is 360 g/mol. The lowest BCUT2D eigenvalue weighted by atomic mass is 10.2. The fourth-order valence-electron chi connectivity index (χ4n) is 1.80. The molecule has 0 aliphatic carbocycles. The van der Waals surface area contributed by atoms with Crippen molar-refractivity contribution in [3.63, 3.8) is 0 Å². The smallest absolute Gasteiger partial charge is 0.122 e. The lowest BCUT2D eigenvalue weighted by Gasteiger charge is -1.97. The zero-order chi connectivity index (χ0) is 15.6. The van der Waals surface area contributed by atoms with Crippen molar-refractivity contribution in [1.82, 2.24) is 20.2 Å². The topological polar surface area (TPSA) is 80.5 Å². The van der Waals surface area contributed by atoms with Crippen LogP contribution in [0.4, 0.5) is 5.82 Å². The highest BCUT2D eigenvalue weighted by molar-refractivity contribution is 9.09. The van der Waals surface area contributed by atoms with E-state index in [-0.39, 0.29) is 0 Å². The number of nitrogens with zero attached hydrogens (tertiary/aromatic N) is 3. The van der Waals surface area contributed by atoms with Gasteiger partial charge in [0, 0.05) is 41.1 Å². The minimum Gasteiger partial charge on any atom is -0.384 e. The molecule has 0 unspecified atom stereocenters. The third-order valence-electron chi connectivity index (χ3n) is 2.93. The average Bonchev–Trinajstić information content (AvgIpc) is 2.96. The molecule has 0 amide bonds. The summed E-state index contributed by atoms with van der Waals surface area (Å²) in [5.74, 6) is 0.616. The van der Waals surface area contributed by atoms with Crippen LogP contribution in [0.2, 0.25) is 0 Å². The van der Waals surface area contributed by atoms with Crippen molar-refractivity contribution in [2.75, 3.05) is 11.1 Å². The Morgan fingerprint density at radius 2 is 1.68 bits per heavy atom. The number of nitrogens with one attached hydrogen (secondary N) is 1. The number of nitrogens with two attached hydrogens (primary N) is 1. The zero-order valence-corrected chi connectivity index (χ0v) is 13.7. The molecule has 0 radical (unpaired) electrons. The first-order valence-electron chi connectivity index (χ1n) is 6.93. The van der Waals surface area contributed by atoms with Crippen molar-refractivity contribution < 1.29 is 0 Å². The van der Waals surface area contributed by atoms with Gasteiger partial charge < -0.3 is 5.73 Å². The predicted molar refractivity (Wildman–Crippen MR) is 91.8 cm³/mol. The number of H-pyrrole nitrogens is 1. The summed E-state index contributed by atoms with van der Waals surface area (Å²) in [6.07, 6.45) is 7.05. The highest BCUT2D eigenvalue weighted by atomic mass is 79.9. The van der Waals surface area contributed by atoms with E-state index in [0.29, 0.717) is 5.82 Å². The van der Waals surface area contributed by atoms with E-state index in [1.807, 2.05) is 42.6 Å². The van der Waals surface area contributed by atoms with Crippen LogP contribution < -0.4 is 5.73 Å². The fraction of sp³-hybridized carbons (Fsp3) is 0.188. The minimum absolute atomic E-state index is 0.616. The van der Waals surface area contributed by atoms with Gasteiger partial charge in [-0.05, 0) is 30.7 Å². The van der Waals surface area contributed by atoms with E-state index in [9.17, 15) is 0 Å². The van der Waals surface area contributed by atoms with Crippen molar-refractivity contribution in [3.05, 3.63) is 71.9 Å². The maximum Gasteiger partial charge on any atom is 0.122 e. The van der Waals surface area contributed by atoms with Crippen LogP contribution in [0.1, 0.15) is 17.0 Å². The number of pyridine rings is 2. The SMILES string of the molecule is BrCCc1ccccn1.Nc1[nH]ncc1Cc1ccccn1. The molecule has 3 aromatic rings. The Balaban J connectivity index is 0.000000172. The molecule has 3 N–H and O–H groups in total. The van der Waals surface area contributed by atoms with E-state index in [2.05, 4.69) is 36.1 Å². The van der Waals surface area contributed by atoms with Gasteiger partial charge in [-0.3, -0.25) is 15.1 Å². The van der Waals surface area contributed by atoms with E-state index in [0.717, 1.165) is 35.1 Å². The van der Waals surface area contributed by atoms with E-state index >= 15 is 0 Å². The lowest BCUT2D eigenvalue weighted by Crippen LogP contribution is -1.94. The van der Waals surface area contributed by atoms with Crippen molar-refractivity contribution in [3.8, 4) is 0 Å². The number of aryl methyl sites for hydroxylation is 1. The first-order chi connectivity index (χ1) is 10.8. The molecule has 0 aliphatic heterocycles. The summed E-state index contributed by atoms with van der Waals surface area (Å²) in [4.78, 5) is 8.34. The third kappa shape index (κ3) is 5.29. The molecular weight excluding hydrogens is 342 g/mol. The zero-order valence-electron chi connectivity index (χ0n) is 12.1. The second-order valence-electron chi connectivity index (χ2n) is 4.57. The van der Waals surface area contributed by atoms with Gasteiger partial charge in [0.2, 0.25) is 0 Å². The van der Waals surface area contributed by atoms with E-state index in [1.54, 1.807) is 12.4 Å². The number of hydrogen-bond donors (Lipinski definition) is 2. The Labute approximate surface area is 138 Å². The monoisotopic (exact) mass is 359 g/mol. The molecule has 6 heteroatoms. The number of rotatable bonds is 4. The van der Waals surface area contributed by atoms with Crippen molar-refractivity contribution in [2.45, 2.75) is 12.8 Å². The summed E-state index contributed by atoms with van der Waals surface area (Å²) in [5.41, 5.74) is 8.77. The molecule has 5 nitrogen and oxygen atoms in total. The van der Waals surface area contributed by atoms with Crippen molar-refractivity contribution in [2.24, 2.45) is 0 Å². The molecule has 3 aromatic heterocycles. The number of nitrogen functional groups attached to an aromatic ring is 1. The molecule has 0 bridgehead atoms.